The first-order valence-electron chi connectivity index (χ1n) is 5.64. The van der Waals surface area contributed by atoms with Crippen LogP contribution >= 0.6 is 0 Å². The Kier molecular flexibility index (Phi) is 4.50. The summed E-state index contributed by atoms with van der Waals surface area (Å²) in [6.07, 6.45) is 0. The Bertz CT molecular complexity index is 343. The fourth-order valence-corrected chi connectivity index (χ4v) is 1.53. The number of amides is 1. The number of rotatable bonds is 4. The summed E-state index contributed by atoms with van der Waals surface area (Å²) in [6.45, 7) is 6.88. The zero-order chi connectivity index (χ0) is 12.1. The van der Waals surface area contributed by atoms with Gasteiger partial charge in [-0.15, -0.1) is 0 Å². The summed E-state index contributed by atoms with van der Waals surface area (Å²) in [5.41, 5.74) is 7.65. The van der Waals surface area contributed by atoms with Crippen LogP contribution in [0.1, 0.15) is 19.4 Å². The van der Waals surface area contributed by atoms with Gasteiger partial charge in [0.25, 0.3) is 0 Å². The second kappa shape index (κ2) is 5.66. The molecule has 88 valence electrons. The molecule has 1 amide bonds. The maximum atomic E-state index is 12.0. The minimum absolute atomic E-state index is 0.00662. The Balaban J connectivity index is 2.93. The topological polar surface area (TPSA) is 46.3 Å². The molecule has 3 heteroatoms. The van der Waals surface area contributed by atoms with Gasteiger partial charge < -0.3 is 10.6 Å². The molecule has 2 N–H and O–H groups in total. The number of anilines is 1. The molecule has 0 aliphatic carbocycles. The van der Waals surface area contributed by atoms with Crippen LogP contribution in [-0.2, 0) is 4.79 Å². The molecule has 3 nitrogen and oxygen atoms in total. The molecule has 0 unspecified atom stereocenters. The lowest BCUT2D eigenvalue weighted by Crippen LogP contribution is -2.38. The molecule has 0 atom stereocenters. The lowest BCUT2D eigenvalue weighted by Gasteiger charge is -2.24. The van der Waals surface area contributed by atoms with E-state index in [1.807, 2.05) is 45.0 Å². The molecule has 1 rings (SSSR count). The molecular formula is C13H20N2O. The number of benzene rings is 1. The van der Waals surface area contributed by atoms with E-state index in [2.05, 4.69) is 0 Å². The second-order valence-electron chi connectivity index (χ2n) is 4.27. The first kappa shape index (κ1) is 12.7. The standard InChI is InChI=1S/C13H20N2O/c1-10(2)13(16)15(9-8-14)12-6-4-11(3)5-7-12/h4-7,10H,8-9,14H2,1-3H3. The van der Waals surface area contributed by atoms with E-state index in [0.29, 0.717) is 13.1 Å². The van der Waals surface area contributed by atoms with Gasteiger partial charge in [-0.05, 0) is 19.1 Å². The molecule has 0 saturated heterocycles. The Morgan fingerprint density at radius 3 is 2.31 bits per heavy atom. The highest BCUT2D eigenvalue weighted by atomic mass is 16.2. The highest BCUT2D eigenvalue weighted by molar-refractivity contribution is 5.94. The Hall–Kier alpha value is -1.35. The highest BCUT2D eigenvalue weighted by Gasteiger charge is 2.17. The number of carbonyl (C=O) groups excluding carboxylic acids is 1. The van der Waals surface area contributed by atoms with Crippen molar-refractivity contribution in [2.24, 2.45) is 11.7 Å². The van der Waals surface area contributed by atoms with Gasteiger partial charge in [0.2, 0.25) is 5.91 Å². The number of hydrogen-bond acceptors (Lipinski definition) is 2. The molecule has 0 spiro atoms. The lowest BCUT2D eigenvalue weighted by atomic mass is 10.1. The fraction of sp³-hybridized carbons (Fsp3) is 0.462. The second-order valence-corrected chi connectivity index (χ2v) is 4.27. The normalized spacial score (nSPS) is 10.6. The molecule has 1 aromatic carbocycles. The van der Waals surface area contributed by atoms with Crippen LogP contribution in [0.25, 0.3) is 0 Å². The number of carbonyl (C=O) groups is 1. The molecule has 0 radical (unpaired) electrons. The van der Waals surface area contributed by atoms with Gasteiger partial charge in [-0.25, -0.2) is 0 Å². The third kappa shape index (κ3) is 3.07. The van der Waals surface area contributed by atoms with Gasteiger partial charge in [0.1, 0.15) is 0 Å². The van der Waals surface area contributed by atoms with E-state index in [0.717, 1.165) is 5.69 Å². The largest absolute Gasteiger partial charge is 0.329 e. The van der Waals surface area contributed by atoms with Gasteiger partial charge in [-0.3, -0.25) is 4.79 Å². The lowest BCUT2D eigenvalue weighted by molar-refractivity contribution is -0.121. The minimum atomic E-state index is -0.00662. The molecule has 1 aromatic rings. The zero-order valence-electron chi connectivity index (χ0n) is 10.2. The van der Waals surface area contributed by atoms with E-state index in [1.54, 1.807) is 4.90 Å². The third-order valence-corrected chi connectivity index (χ3v) is 2.46. The van der Waals surface area contributed by atoms with Crippen molar-refractivity contribution in [2.75, 3.05) is 18.0 Å². The van der Waals surface area contributed by atoms with E-state index >= 15 is 0 Å². The average molecular weight is 220 g/mol. The van der Waals surface area contributed by atoms with Crippen LogP contribution < -0.4 is 10.6 Å². The van der Waals surface area contributed by atoms with Gasteiger partial charge in [0.05, 0.1) is 0 Å². The first-order chi connectivity index (χ1) is 7.56. The van der Waals surface area contributed by atoms with Gasteiger partial charge in [-0.2, -0.15) is 0 Å². The molecule has 0 aromatic heterocycles. The summed E-state index contributed by atoms with van der Waals surface area (Å²) in [5.74, 6) is 0.113. The minimum Gasteiger partial charge on any atom is -0.329 e. The van der Waals surface area contributed by atoms with Crippen LogP contribution in [0, 0.1) is 12.8 Å². The Morgan fingerprint density at radius 2 is 1.88 bits per heavy atom. The molecule has 0 aliphatic heterocycles. The summed E-state index contributed by atoms with van der Waals surface area (Å²) in [4.78, 5) is 13.7. The summed E-state index contributed by atoms with van der Waals surface area (Å²) in [5, 5.41) is 0. The highest BCUT2D eigenvalue weighted by Crippen LogP contribution is 2.17. The van der Waals surface area contributed by atoms with Crippen LogP contribution in [0.4, 0.5) is 5.69 Å². The maximum absolute atomic E-state index is 12.0. The fourth-order valence-electron chi connectivity index (χ4n) is 1.53. The number of nitrogens with zero attached hydrogens (tertiary/aromatic N) is 1. The zero-order valence-corrected chi connectivity index (χ0v) is 10.2. The maximum Gasteiger partial charge on any atom is 0.229 e. The SMILES string of the molecule is Cc1ccc(N(CCN)C(=O)C(C)C)cc1. The van der Waals surface area contributed by atoms with Crippen LogP contribution in [0.5, 0.6) is 0 Å². The monoisotopic (exact) mass is 220 g/mol. The van der Waals surface area contributed by atoms with Crippen LogP contribution in [-0.4, -0.2) is 19.0 Å². The van der Waals surface area contributed by atoms with Crippen molar-refractivity contribution < 1.29 is 4.79 Å². The summed E-state index contributed by atoms with van der Waals surface area (Å²) < 4.78 is 0. The van der Waals surface area contributed by atoms with Crippen molar-refractivity contribution in [2.45, 2.75) is 20.8 Å². The molecule has 0 saturated carbocycles. The van der Waals surface area contributed by atoms with Gasteiger partial charge in [-0.1, -0.05) is 31.5 Å². The van der Waals surface area contributed by atoms with Gasteiger partial charge >= 0.3 is 0 Å². The van der Waals surface area contributed by atoms with Crippen molar-refractivity contribution in [3.63, 3.8) is 0 Å². The van der Waals surface area contributed by atoms with E-state index in [9.17, 15) is 4.79 Å². The van der Waals surface area contributed by atoms with E-state index in [1.165, 1.54) is 5.56 Å². The van der Waals surface area contributed by atoms with Crippen LogP contribution in [0.15, 0.2) is 24.3 Å². The van der Waals surface area contributed by atoms with Gasteiger partial charge in [0.15, 0.2) is 0 Å². The van der Waals surface area contributed by atoms with E-state index < -0.39 is 0 Å². The Morgan fingerprint density at radius 1 is 1.31 bits per heavy atom. The predicted molar refractivity (Wildman–Crippen MR) is 67.4 cm³/mol. The van der Waals surface area contributed by atoms with Crippen LogP contribution in [0.2, 0.25) is 0 Å². The molecule has 0 bridgehead atoms. The predicted octanol–water partition coefficient (Wildman–Crippen LogP) is 1.94. The van der Waals surface area contributed by atoms with E-state index in [4.69, 9.17) is 5.73 Å². The van der Waals surface area contributed by atoms with Gasteiger partial charge in [0, 0.05) is 24.7 Å². The smallest absolute Gasteiger partial charge is 0.229 e. The molecule has 0 heterocycles. The van der Waals surface area contributed by atoms with Crippen molar-refractivity contribution >= 4 is 11.6 Å². The van der Waals surface area contributed by atoms with Crippen molar-refractivity contribution in [1.29, 1.82) is 0 Å². The third-order valence-electron chi connectivity index (χ3n) is 2.46. The molecule has 0 aliphatic rings. The molecule has 16 heavy (non-hydrogen) atoms. The summed E-state index contributed by atoms with van der Waals surface area (Å²) in [7, 11) is 0. The molecule has 0 fully saturated rings. The van der Waals surface area contributed by atoms with Crippen molar-refractivity contribution in [1.82, 2.24) is 0 Å². The van der Waals surface area contributed by atoms with Crippen LogP contribution in [0.3, 0.4) is 0 Å². The summed E-state index contributed by atoms with van der Waals surface area (Å²) in [6, 6.07) is 7.94. The average Bonchev–Trinajstić information content (AvgIpc) is 2.26. The number of nitrogens with two attached hydrogens (primary N) is 1. The number of aryl methyl sites for hydroxylation is 1. The Labute approximate surface area is 97.2 Å². The quantitative estimate of drug-likeness (QED) is 0.843. The molecular weight excluding hydrogens is 200 g/mol. The van der Waals surface area contributed by atoms with Crippen molar-refractivity contribution in [3.8, 4) is 0 Å². The first-order valence-corrected chi connectivity index (χ1v) is 5.64. The van der Waals surface area contributed by atoms with Crippen molar-refractivity contribution in [3.05, 3.63) is 29.8 Å². The summed E-state index contributed by atoms with van der Waals surface area (Å²) >= 11 is 0. The number of hydrogen-bond donors (Lipinski definition) is 1. The van der Waals surface area contributed by atoms with E-state index in [-0.39, 0.29) is 11.8 Å².